The maximum Gasteiger partial charge on any atom is 0.573 e. The van der Waals surface area contributed by atoms with Crippen LogP contribution >= 0.6 is 11.3 Å². The predicted octanol–water partition coefficient (Wildman–Crippen LogP) is 3.80. The van der Waals surface area contributed by atoms with Crippen LogP contribution in [0.4, 0.5) is 24.3 Å². The van der Waals surface area contributed by atoms with E-state index in [4.69, 9.17) is 4.74 Å². The largest absolute Gasteiger partial charge is 0.573 e. The molecule has 1 aromatic carbocycles. The molecule has 0 saturated carbocycles. The van der Waals surface area contributed by atoms with Crippen molar-refractivity contribution in [3.63, 3.8) is 0 Å². The van der Waals surface area contributed by atoms with Crippen LogP contribution < -0.4 is 15.0 Å². The first-order chi connectivity index (χ1) is 17.3. The highest BCUT2D eigenvalue weighted by atomic mass is 32.1. The van der Waals surface area contributed by atoms with Crippen molar-refractivity contribution in [3.05, 3.63) is 47.2 Å². The number of alkyl halides is 3. The lowest BCUT2D eigenvalue weighted by Gasteiger charge is -2.16. The number of carbonyl (C=O) groups excluding carboxylic acids is 1. The highest BCUT2D eigenvalue weighted by Gasteiger charge is 2.32. The fraction of sp³-hybridized carbons (Fsp3) is 0.455. The highest BCUT2D eigenvalue weighted by Crippen LogP contribution is 2.29. The summed E-state index contributed by atoms with van der Waals surface area (Å²) in [5.41, 5.74) is 0.212. The topological polar surface area (TPSA) is 115 Å². The van der Waals surface area contributed by atoms with Crippen LogP contribution in [0.2, 0.25) is 0 Å². The van der Waals surface area contributed by atoms with E-state index in [9.17, 15) is 18.0 Å². The second-order valence-electron chi connectivity index (χ2n) is 8.16. The van der Waals surface area contributed by atoms with Gasteiger partial charge in [0.15, 0.2) is 6.10 Å². The summed E-state index contributed by atoms with van der Waals surface area (Å²) < 4.78 is 46.7. The van der Waals surface area contributed by atoms with Gasteiger partial charge in [-0.3, -0.25) is 10.1 Å². The fourth-order valence-electron chi connectivity index (χ4n) is 4.02. The third-order valence-corrected chi connectivity index (χ3v) is 6.51. The minimum absolute atomic E-state index is 0.212. The zero-order valence-electron chi connectivity index (χ0n) is 19.3. The minimum atomic E-state index is -4.84. The molecule has 0 radical (unpaired) electrons. The summed E-state index contributed by atoms with van der Waals surface area (Å²) in [4.78, 5) is 19.1. The number of nitrogens with zero attached hydrogens (tertiary/aromatic N) is 6. The van der Waals surface area contributed by atoms with Crippen LogP contribution in [0, 0.1) is 5.92 Å². The Morgan fingerprint density at radius 1 is 1.28 bits per heavy atom. The van der Waals surface area contributed by atoms with Crippen LogP contribution in [0.5, 0.6) is 5.75 Å². The molecule has 1 aliphatic rings. The van der Waals surface area contributed by atoms with Crippen molar-refractivity contribution < 1.29 is 27.4 Å². The van der Waals surface area contributed by atoms with Crippen molar-refractivity contribution in [1.82, 2.24) is 25.4 Å². The van der Waals surface area contributed by atoms with E-state index < -0.39 is 24.1 Å². The quantitative estimate of drug-likeness (QED) is 0.424. The first-order valence-electron chi connectivity index (χ1n) is 11.2. The van der Waals surface area contributed by atoms with Crippen molar-refractivity contribution in [1.29, 1.82) is 0 Å². The molecule has 4 rings (SSSR count). The van der Waals surface area contributed by atoms with Crippen molar-refractivity contribution in [3.8, 4) is 5.75 Å². The molecular weight excluding hydrogens is 499 g/mol. The van der Waals surface area contributed by atoms with Gasteiger partial charge in [-0.2, -0.15) is 5.10 Å². The van der Waals surface area contributed by atoms with E-state index in [-0.39, 0.29) is 5.56 Å². The van der Waals surface area contributed by atoms with Crippen molar-refractivity contribution in [2.24, 2.45) is 5.92 Å². The smallest absolute Gasteiger partial charge is 0.406 e. The molecule has 3 heterocycles. The molecule has 14 heteroatoms. The number of amides is 1. The molecule has 1 saturated heterocycles. The van der Waals surface area contributed by atoms with E-state index in [1.165, 1.54) is 30.6 Å². The first-order valence-corrected chi connectivity index (χ1v) is 12.0. The molecule has 0 aliphatic carbocycles. The van der Waals surface area contributed by atoms with Gasteiger partial charge in [0, 0.05) is 26.6 Å². The number of hydrogen-bond acceptors (Lipinski definition) is 10. The maximum atomic E-state index is 12.7. The lowest BCUT2D eigenvalue weighted by atomic mass is 10.0. The third-order valence-electron chi connectivity index (χ3n) is 5.61. The third kappa shape index (κ3) is 7.07. The summed E-state index contributed by atoms with van der Waals surface area (Å²) in [7, 11) is 1.29. The molecule has 0 unspecified atom stereocenters. The minimum Gasteiger partial charge on any atom is -0.406 e. The average molecular weight is 524 g/mol. The van der Waals surface area contributed by atoms with Crippen LogP contribution in [0.25, 0.3) is 0 Å². The van der Waals surface area contributed by atoms with Gasteiger partial charge in [0.1, 0.15) is 10.8 Å². The Kier molecular flexibility index (Phi) is 8.25. The molecule has 36 heavy (non-hydrogen) atoms. The van der Waals surface area contributed by atoms with Gasteiger partial charge in [0.2, 0.25) is 11.1 Å². The summed E-state index contributed by atoms with van der Waals surface area (Å²) in [6.07, 6.45) is 0.912. The van der Waals surface area contributed by atoms with E-state index >= 15 is 0 Å². The summed E-state index contributed by atoms with van der Waals surface area (Å²) in [6.45, 7) is 1.79. The zero-order chi connectivity index (χ0) is 25.5. The lowest BCUT2D eigenvalue weighted by molar-refractivity contribution is -0.274. The SMILES string of the molecule is CO[C@@H](C(=O)Nc1nnc(CCC[C@@H]2CCN(c3nccnn3)C2)s1)c1cccc(OC(F)(F)F)c1. The monoisotopic (exact) mass is 523 g/mol. The fourth-order valence-corrected chi connectivity index (χ4v) is 4.81. The van der Waals surface area contributed by atoms with Gasteiger partial charge >= 0.3 is 6.36 Å². The van der Waals surface area contributed by atoms with Crippen molar-refractivity contribution in [2.75, 3.05) is 30.4 Å². The normalized spacial score (nSPS) is 16.7. The van der Waals surface area contributed by atoms with Crippen molar-refractivity contribution >= 4 is 28.3 Å². The number of aryl methyl sites for hydroxylation is 1. The zero-order valence-corrected chi connectivity index (χ0v) is 20.1. The molecule has 2 aromatic heterocycles. The van der Waals surface area contributed by atoms with E-state index in [0.717, 1.165) is 55.9 Å². The Morgan fingerprint density at radius 3 is 2.89 bits per heavy atom. The number of benzene rings is 1. The van der Waals surface area contributed by atoms with Gasteiger partial charge in [-0.05, 0) is 42.9 Å². The standard InChI is InChI=1S/C22H24F3N7O3S/c1-34-18(15-5-3-6-16(12-15)35-22(23,24)25)19(33)28-21-31-29-17(36-21)7-2-4-14-8-11-32(13-14)20-26-9-10-27-30-20/h3,5-6,9-10,12,14,18H,2,4,7-8,11,13H2,1H3,(H,28,31,33)/t14-,18-/m1/s1. The Bertz CT molecular complexity index is 1150. The number of rotatable bonds is 10. The summed E-state index contributed by atoms with van der Waals surface area (Å²) in [6, 6.07) is 5.09. The van der Waals surface area contributed by atoms with Crippen LogP contribution in [0.3, 0.4) is 0 Å². The Balaban J connectivity index is 1.26. The molecule has 1 amide bonds. The van der Waals surface area contributed by atoms with Crippen LogP contribution in [0.1, 0.15) is 35.9 Å². The molecule has 192 valence electrons. The second kappa shape index (κ2) is 11.6. The molecule has 1 fully saturated rings. The number of hydrogen-bond donors (Lipinski definition) is 1. The van der Waals surface area contributed by atoms with Gasteiger partial charge in [0.25, 0.3) is 5.91 Å². The van der Waals surface area contributed by atoms with E-state index in [2.05, 4.69) is 40.3 Å². The Morgan fingerprint density at radius 2 is 2.14 bits per heavy atom. The molecule has 2 atom stereocenters. The number of aromatic nitrogens is 5. The molecule has 1 N–H and O–H groups in total. The molecule has 10 nitrogen and oxygen atoms in total. The van der Waals surface area contributed by atoms with E-state index in [1.54, 1.807) is 12.4 Å². The molecule has 0 bridgehead atoms. The average Bonchev–Trinajstić information content (AvgIpc) is 3.49. The maximum absolute atomic E-state index is 12.7. The van der Waals surface area contributed by atoms with Crippen LogP contribution in [0.15, 0.2) is 36.7 Å². The molecule has 0 spiro atoms. The number of ether oxygens (including phenoxy) is 2. The molecule has 3 aromatic rings. The lowest BCUT2D eigenvalue weighted by Crippen LogP contribution is -2.23. The van der Waals surface area contributed by atoms with Gasteiger partial charge in [-0.25, -0.2) is 4.98 Å². The Hall–Kier alpha value is -3.39. The number of carbonyl (C=O) groups is 1. The number of anilines is 2. The van der Waals surface area contributed by atoms with Crippen LogP contribution in [-0.2, 0) is 16.0 Å². The summed E-state index contributed by atoms with van der Waals surface area (Å²) in [5, 5.41) is 19.8. The molecular formula is C22H24F3N7O3S. The molecule has 1 aliphatic heterocycles. The van der Waals surface area contributed by atoms with Crippen molar-refractivity contribution in [2.45, 2.75) is 38.1 Å². The number of methoxy groups -OCH3 is 1. The number of nitrogens with one attached hydrogen (secondary N) is 1. The van der Waals surface area contributed by atoms with Gasteiger partial charge < -0.3 is 14.4 Å². The Labute approximate surface area is 208 Å². The first kappa shape index (κ1) is 25.7. The second-order valence-corrected chi connectivity index (χ2v) is 9.22. The van der Waals surface area contributed by atoms with Gasteiger partial charge in [-0.1, -0.05) is 23.5 Å². The summed E-state index contributed by atoms with van der Waals surface area (Å²) in [5.74, 6) is 0.165. The van der Waals surface area contributed by atoms with E-state index in [0.29, 0.717) is 17.0 Å². The predicted molar refractivity (Wildman–Crippen MR) is 124 cm³/mol. The number of halogens is 3. The van der Waals surface area contributed by atoms with E-state index in [1.807, 2.05) is 0 Å². The van der Waals surface area contributed by atoms with Gasteiger partial charge in [0.05, 0.1) is 12.4 Å². The highest BCUT2D eigenvalue weighted by molar-refractivity contribution is 7.15. The van der Waals surface area contributed by atoms with Crippen LogP contribution in [-0.4, -0.2) is 57.8 Å². The van der Waals surface area contributed by atoms with Gasteiger partial charge in [-0.15, -0.1) is 28.5 Å². The summed E-state index contributed by atoms with van der Waals surface area (Å²) >= 11 is 1.25.